The molecule has 0 spiro atoms. The molecule has 1 aromatic heterocycles. The number of hydrogen-bond acceptors (Lipinski definition) is 4. The summed E-state index contributed by atoms with van der Waals surface area (Å²) in [6.45, 7) is 4.19. The smallest absolute Gasteiger partial charge is 0.0960 e. The quantitative estimate of drug-likeness (QED) is 0.496. The second-order valence-corrected chi connectivity index (χ2v) is 3.83. The minimum absolute atomic E-state index is 0.419. The van der Waals surface area contributed by atoms with E-state index >= 15 is 0 Å². The summed E-state index contributed by atoms with van der Waals surface area (Å²) in [5.41, 5.74) is 12.8. The zero-order valence-electron chi connectivity index (χ0n) is 7.86. The molecule has 1 heterocycles. The van der Waals surface area contributed by atoms with Crippen molar-refractivity contribution in [3.63, 3.8) is 0 Å². The van der Waals surface area contributed by atoms with Crippen molar-refractivity contribution in [2.24, 2.45) is 11.5 Å². The highest BCUT2D eigenvalue weighted by atomic mass is 32.1. The average Bonchev–Trinajstić information content (AvgIpc) is 2.03. The fourth-order valence-corrected chi connectivity index (χ4v) is 1.55. The molecule has 0 aliphatic carbocycles. The van der Waals surface area contributed by atoms with E-state index in [-0.39, 0.29) is 0 Å². The Morgan fingerprint density at radius 3 is 2.38 bits per heavy atom. The molecular weight excluding hydrogens is 182 g/mol. The lowest BCUT2D eigenvalue weighted by Crippen LogP contribution is -2.21. The number of hydrogen-bond donors (Lipinski definition) is 3. The van der Waals surface area contributed by atoms with Gasteiger partial charge < -0.3 is 11.5 Å². The molecule has 0 saturated heterocycles. The molecule has 4 N–H and O–H groups in total. The van der Waals surface area contributed by atoms with Crippen molar-refractivity contribution in [3.05, 3.63) is 23.5 Å². The third-order valence-electron chi connectivity index (χ3n) is 1.90. The summed E-state index contributed by atoms with van der Waals surface area (Å²) in [6, 6.07) is 1.82. The van der Waals surface area contributed by atoms with Crippen molar-refractivity contribution in [2.45, 2.75) is 30.8 Å². The molecule has 13 heavy (non-hydrogen) atoms. The van der Waals surface area contributed by atoms with Crippen LogP contribution in [0.2, 0.25) is 0 Å². The summed E-state index contributed by atoms with van der Waals surface area (Å²) in [7, 11) is 0. The maximum absolute atomic E-state index is 5.49. The van der Waals surface area contributed by atoms with E-state index in [0.717, 1.165) is 10.5 Å². The van der Waals surface area contributed by atoms with Gasteiger partial charge in [0, 0.05) is 11.1 Å². The number of aromatic nitrogens is 1. The highest BCUT2D eigenvalue weighted by Gasteiger charge is 2.07. The van der Waals surface area contributed by atoms with E-state index in [0.29, 0.717) is 11.6 Å². The third-order valence-corrected chi connectivity index (χ3v) is 2.28. The predicted octanol–water partition coefficient (Wildman–Crippen LogP) is 1.41. The number of thiol groups is 1. The van der Waals surface area contributed by atoms with Crippen LogP contribution in [-0.2, 0) is 0 Å². The molecule has 1 aromatic rings. The monoisotopic (exact) mass is 197 g/mol. The molecule has 0 bridgehead atoms. The first-order chi connectivity index (χ1) is 6.02. The Labute approximate surface area is 83.9 Å². The van der Waals surface area contributed by atoms with Gasteiger partial charge in [-0.15, -0.1) is 12.6 Å². The largest absolute Gasteiger partial charge is 0.311 e. The average molecular weight is 197 g/mol. The Morgan fingerprint density at radius 2 is 2.00 bits per heavy atom. The lowest BCUT2D eigenvalue weighted by atomic mass is 10.1. The van der Waals surface area contributed by atoms with Gasteiger partial charge in [0.1, 0.15) is 0 Å². The van der Waals surface area contributed by atoms with E-state index in [2.05, 4.69) is 31.5 Å². The van der Waals surface area contributed by atoms with Gasteiger partial charge in [-0.05, 0) is 17.5 Å². The second-order valence-electron chi connectivity index (χ2n) is 3.35. The minimum Gasteiger partial charge on any atom is -0.311 e. The summed E-state index contributed by atoms with van der Waals surface area (Å²) in [5.74, 6) is 0.419. The van der Waals surface area contributed by atoms with E-state index < -0.39 is 6.17 Å². The molecular formula is C9H15N3S. The van der Waals surface area contributed by atoms with Gasteiger partial charge in [0.25, 0.3) is 0 Å². The van der Waals surface area contributed by atoms with Crippen LogP contribution in [0.3, 0.4) is 0 Å². The summed E-state index contributed by atoms with van der Waals surface area (Å²) in [6.07, 6.45) is 1.27. The minimum atomic E-state index is -0.521. The molecule has 0 radical (unpaired) electrons. The Balaban J connectivity index is 3.06. The van der Waals surface area contributed by atoms with Crippen molar-refractivity contribution < 1.29 is 0 Å². The fourth-order valence-electron chi connectivity index (χ4n) is 1.10. The molecule has 0 saturated carbocycles. The number of nitrogens with zero attached hydrogens (tertiary/aromatic N) is 1. The van der Waals surface area contributed by atoms with Crippen molar-refractivity contribution >= 4 is 12.6 Å². The van der Waals surface area contributed by atoms with E-state index in [9.17, 15) is 0 Å². The molecule has 0 amide bonds. The van der Waals surface area contributed by atoms with Gasteiger partial charge in [-0.1, -0.05) is 13.8 Å². The van der Waals surface area contributed by atoms with Crippen LogP contribution in [0.5, 0.6) is 0 Å². The van der Waals surface area contributed by atoms with Gasteiger partial charge in [0.2, 0.25) is 0 Å². The Morgan fingerprint density at radius 1 is 1.38 bits per heavy atom. The number of pyridine rings is 1. The van der Waals surface area contributed by atoms with Crippen LogP contribution in [0.25, 0.3) is 0 Å². The van der Waals surface area contributed by atoms with E-state index in [1.54, 1.807) is 6.20 Å². The standard InChI is InChI=1S/C9H15N3S/c1-5(2)6-4-12-7(9(10)11)3-8(6)13/h3-5,9H,10-11H2,1-2H3,(H,12,13). The highest BCUT2D eigenvalue weighted by molar-refractivity contribution is 7.80. The van der Waals surface area contributed by atoms with Crippen molar-refractivity contribution in [2.75, 3.05) is 0 Å². The van der Waals surface area contributed by atoms with Crippen LogP contribution in [0, 0.1) is 0 Å². The fraction of sp³-hybridized carbons (Fsp3) is 0.444. The van der Waals surface area contributed by atoms with Crippen LogP contribution in [0.1, 0.15) is 37.2 Å². The normalized spacial score (nSPS) is 11.3. The second kappa shape index (κ2) is 4.09. The van der Waals surface area contributed by atoms with Gasteiger partial charge in [0.15, 0.2) is 0 Å². The van der Waals surface area contributed by atoms with Crippen LogP contribution in [0.4, 0.5) is 0 Å². The van der Waals surface area contributed by atoms with Crippen LogP contribution >= 0.6 is 12.6 Å². The molecule has 3 nitrogen and oxygen atoms in total. The molecule has 0 unspecified atom stereocenters. The summed E-state index contributed by atoms with van der Waals surface area (Å²) < 4.78 is 0. The lowest BCUT2D eigenvalue weighted by molar-refractivity contribution is 0.727. The zero-order valence-corrected chi connectivity index (χ0v) is 8.75. The van der Waals surface area contributed by atoms with E-state index in [1.165, 1.54) is 0 Å². The molecule has 0 fully saturated rings. The molecule has 0 aliphatic rings. The van der Waals surface area contributed by atoms with Gasteiger partial charge >= 0.3 is 0 Å². The Hall–Kier alpha value is -0.580. The zero-order chi connectivity index (χ0) is 10.0. The molecule has 0 atom stereocenters. The molecule has 0 aromatic carbocycles. The van der Waals surface area contributed by atoms with Crippen molar-refractivity contribution in [1.82, 2.24) is 4.98 Å². The third kappa shape index (κ3) is 2.43. The van der Waals surface area contributed by atoms with Gasteiger partial charge in [-0.3, -0.25) is 4.98 Å². The summed E-state index contributed by atoms with van der Waals surface area (Å²) in [4.78, 5) is 5.06. The number of nitrogens with two attached hydrogens (primary N) is 2. The van der Waals surface area contributed by atoms with Gasteiger partial charge in [-0.25, -0.2) is 0 Å². The summed E-state index contributed by atoms with van der Waals surface area (Å²) in [5, 5.41) is 0. The lowest BCUT2D eigenvalue weighted by Gasteiger charge is -2.11. The van der Waals surface area contributed by atoms with Crippen LogP contribution in [0.15, 0.2) is 17.2 Å². The topological polar surface area (TPSA) is 64.9 Å². The Bertz CT molecular complexity index is 297. The molecule has 0 aliphatic heterocycles. The van der Waals surface area contributed by atoms with Crippen molar-refractivity contribution in [1.29, 1.82) is 0 Å². The maximum Gasteiger partial charge on any atom is 0.0960 e. The van der Waals surface area contributed by atoms with E-state index in [1.807, 2.05) is 6.07 Å². The van der Waals surface area contributed by atoms with E-state index in [4.69, 9.17) is 11.5 Å². The number of rotatable bonds is 2. The summed E-state index contributed by atoms with van der Waals surface area (Å²) >= 11 is 4.35. The van der Waals surface area contributed by atoms with Crippen molar-refractivity contribution in [3.8, 4) is 0 Å². The van der Waals surface area contributed by atoms with Crippen LogP contribution < -0.4 is 11.5 Å². The van der Waals surface area contributed by atoms with Gasteiger partial charge in [-0.2, -0.15) is 0 Å². The first kappa shape index (κ1) is 10.5. The Kier molecular flexibility index (Phi) is 3.30. The molecule has 4 heteroatoms. The first-order valence-corrected chi connectivity index (χ1v) is 4.67. The first-order valence-electron chi connectivity index (χ1n) is 4.22. The molecule has 72 valence electrons. The highest BCUT2D eigenvalue weighted by Crippen LogP contribution is 2.22. The molecule has 1 rings (SSSR count). The van der Waals surface area contributed by atoms with Crippen LogP contribution in [-0.4, -0.2) is 4.98 Å². The predicted molar refractivity (Wildman–Crippen MR) is 56.7 cm³/mol. The SMILES string of the molecule is CC(C)c1cnc(C(N)N)cc1S. The van der Waals surface area contributed by atoms with Gasteiger partial charge in [0.05, 0.1) is 11.9 Å². The maximum atomic E-state index is 5.49.